The molecule has 2 rings (SSSR count). The van der Waals surface area contributed by atoms with Crippen molar-refractivity contribution in [2.45, 2.75) is 39.2 Å². The second-order valence-electron chi connectivity index (χ2n) is 4.54. The average molecular weight is 224 g/mol. The summed E-state index contributed by atoms with van der Waals surface area (Å²) in [4.78, 5) is 0. The molecule has 1 fully saturated rings. The second-order valence-corrected chi connectivity index (χ2v) is 4.95. The Kier molecular flexibility index (Phi) is 3.32. The Morgan fingerprint density at radius 1 is 1.40 bits per heavy atom. The Balaban J connectivity index is 2.19. The lowest BCUT2D eigenvalue weighted by atomic mass is 9.98. The van der Waals surface area contributed by atoms with Crippen LogP contribution < -0.4 is 5.32 Å². The monoisotopic (exact) mass is 223 g/mol. The van der Waals surface area contributed by atoms with Crippen molar-refractivity contribution < 1.29 is 0 Å². The zero-order chi connectivity index (χ0) is 10.8. The van der Waals surface area contributed by atoms with Crippen LogP contribution in [0.2, 0.25) is 5.02 Å². The number of benzene rings is 1. The number of rotatable bonds is 2. The van der Waals surface area contributed by atoms with Crippen molar-refractivity contribution in [2.75, 3.05) is 6.54 Å². The highest BCUT2D eigenvalue weighted by molar-refractivity contribution is 6.31. The zero-order valence-electron chi connectivity index (χ0n) is 9.44. The Labute approximate surface area is 96.8 Å². The predicted molar refractivity (Wildman–Crippen MR) is 65.7 cm³/mol. The van der Waals surface area contributed by atoms with Gasteiger partial charge in [-0.15, -0.1) is 0 Å². The molecule has 0 radical (unpaired) electrons. The quantitative estimate of drug-likeness (QED) is 0.812. The number of halogens is 1. The summed E-state index contributed by atoms with van der Waals surface area (Å²) in [5, 5.41) is 4.45. The minimum atomic E-state index is 0.629. The van der Waals surface area contributed by atoms with Crippen molar-refractivity contribution in [3.8, 4) is 0 Å². The first kappa shape index (κ1) is 11.0. The van der Waals surface area contributed by atoms with E-state index in [2.05, 4.69) is 31.3 Å². The summed E-state index contributed by atoms with van der Waals surface area (Å²) in [5.41, 5.74) is 3.90. The topological polar surface area (TPSA) is 12.0 Å². The maximum absolute atomic E-state index is 6.29. The summed E-state index contributed by atoms with van der Waals surface area (Å²) in [7, 11) is 0. The molecular weight excluding hydrogens is 206 g/mol. The number of nitrogens with one attached hydrogen (secondary N) is 1. The summed E-state index contributed by atoms with van der Waals surface area (Å²) < 4.78 is 0. The molecule has 1 unspecified atom stereocenters. The molecule has 0 saturated carbocycles. The minimum Gasteiger partial charge on any atom is -0.314 e. The number of aryl methyl sites for hydroxylation is 2. The first-order valence-corrected chi connectivity index (χ1v) is 6.03. The average Bonchev–Trinajstić information content (AvgIpc) is 2.63. The van der Waals surface area contributed by atoms with Crippen molar-refractivity contribution >= 4 is 11.6 Å². The van der Waals surface area contributed by atoms with Crippen LogP contribution in [0.4, 0.5) is 0 Å². The highest BCUT2D eigenvalue weighted by Gasteiger charge is 2.17. The molecule has 0 bridgehead atoms. The van der Waals surface area contributed by atoms with E-state index in [4.69, 9.17) is 11.6 Å². The van der Waals surface area contributed by atoms with Crippen molar-refractivity contribution in [3.05, 3.63) is 33.8 Å². The Morgan fingerprint density at radius 3 is 2.80 bits per heavy atom. The van der Waals surface area contributed by atoms with Gasteiger partial charge < -0.3 is 5.32 Å². The minimum absolute atomic E-state index is 0.629. The molecule has 1 aromatic carbocycles. The van der Waals surface area contributed by atoms with Crippen LogP contribution >= 0.6 is 11.6 Å². The van der Waals surface area contributed by atoms with Crippen LogP contribution in [-0.2, 0) is 6.42 Å². The molecule has 82 valence electrons. The summed E-state index contributed by atoms with van der Waals surface area (Å²) in [6.45, 7) is 5.41. The van der Waals surface area contributed by atoms with Crippen LogP contribution in [0.15, 0.2) is 12.1 Å². The molecule has 15 heavy (non-hydrogen) atoms. The Hall–Kier alpha value is -0.530. The predicted octanol–water partition coefficient (Wildman–Crippen LogP) is 3.25. The highest BCUT2D eigenvalue weighted by Crippen LogP contribution is 2.24. The van der Waals surface area contributed by atoms with E-state index in [1.807, 2.05) is 0 Å². The molecule has 1 nitrogen and oxygen atoms in total. The summed E-state index contributed by atoms with van der Waals surface area (Å²) in [5.74, 6) is 0. The fourth-order valence-electron chi connectivity index (χ4n) is 2.38. The zero-order valence-corrected chi connectivity index (χ0v) is 10.2. The van der Waals surface area contributed by atoms with Crippen molar-refractivity contribution in [1.82, 2.24) is 5.32 Å². The third-order valence-electron chi connectivity index (χ3n) is 3.18. The van der Waals surface area contributed by atoms with Crippen LogP contribution in [0.5, 0.6) is 0 Å². The van der Waals surface area contributed by atoms with E-state index in [9.17, 15) is 0 Å². The molecule has 1 heterocycles. The fourth-order valence-corrected chi connectivity index (χ4v) is 2.78. The summed E-state index contributed by atoms with van der Waals surface area (Å²) >= 11 is 6.29. The van der Waals surface area contributed by atoms with Gasteiger partial charge in [0.05, 0.1) is 0 Å². The molecule has 2 heteroatoms. The van der Waals surface area contributed by atoms with E-state index in [-0.39, 0.29) is 0 Å². The lowest BCUT2D eigenvalue weighted by molar-refractivity contribution is 0.601. The molecule has 1 aromatic rings. The molecule has 1 N–H and O–H groups in total. The number of hydrogen-bond donors (Lipinski definition) is 1. The maximum Gasteiger partial charge on any atom is 0.0443 e. The van der Waals surface area contributed by atoms with Crippen LogP contribution in [0.1, 0.15) is 29.5 Å². The third kappa shape index (κ3) is 2.53. The van der Waals surface area contributed by atoms with Gasteiger partial charge in [-0.2, -0.15) is 0 Å². The van der Waals surface area contributed by atoms with Gasteiger partial charge in [0, 0.05) is 11.1 Å². The second kappa shape index (κ2) is 4.54. The van der Waals surface area contributed by atoms with Crippen LogP contribution in [0.3, 0.4) is 0 Å². The SMILES string of the molecule is Cc1cc(C)c(CC2CCCN2)c(Cl)c1. The number of hydrogen-bond acceptors (Lipinski definition) is 1. The van der Waals surface area contributed by atoms with Gasteiger partial charge in [-0.25, -0.2) is 0 Å². The molecule has 0 aromatic heterocycles. The van der Waals surface area contributed by atoms with Crippen LogP contribution in [0.25, 0.3) is 0 Å². The molecule has 0 aliphatic carbocycles. The van der Waals surface area contributed by atoms with Gasteiger partial charge in [-0.3, -0.25) is 0 Å². The van der Waals surface area contributed by atoms with Crippen molar-refractivity contribution in [3.63, 3.8) is 0 Å². The normalized spacial score (nSPS) is 20.9. The van der Waals surface area contributed by atoms with E-state index in [1.165, 1.54) is 29.5 Å². The fraction of sp³-hybridized carbons (Fsp3) is 0.538. The Morgan fingerprint density at radius 2 is 2.20 bits per heavy atom. The van der Waals surface area contributed by atoms with E-state index < -0.39 is 0 Å². The molecule has 0 spiro atoms. The van der Waals surface area contributed by atoms with E-state index in [0.717, 1.165) is 18.0 Å². The largest absolute Gasteiger partial charge is 0.314 e. The summed E-state index contributed by atoms with van der Waals surface area (Å²) in [6.07, 6.45) is 3.65. The van der Waals surface area contributed by atoms with Crippen molar-refractivity contribution in [2.24, 2.45) is 0 Å². The lowest BCUT2D eigenvalue weighted by Gasteiger charge is -2.14. The first-order chi connectivity index (χ1) is 7.16. The highest BCUT2D eigenvalue weighted by atomic mass is 35.5. The van der Waals surface area contributed by atoms with Gasteiger partial charge in [0.25, 0.3) is 0 Å². The van der Waals surface area contributed by atoms with Crippen LogP contribution in [-0.4, -0.2) is 12.6 Å². The van der Waals surface area contributed by atoms with E-state index >= 15 is 0 Å². The maximum atomic E-state index is 6.29. The van der Waals surface area contributed by atoms with E-state index in [0.29, 0.717) is 6.04 Å². The van der Waals surface area contributed by atoms with E-state index in [1.54, 1.807) is 0 Å². The standard InChI is InChI=1S/C13H18ClN/c1-9-6-10(2)12(13(14)7-9)8-11-4-3-5-15-11/h6-7,11,15H,3-5,8H2,1-2H3. The van der Waals surface area contributed by atoms with Gasteiger partial charge in [0.15, 0.2) is 0 Å². The molecule has 1 saturated heterocycles. The molecule has 1 aliphatic heterocycles. The van der Waals surface area contributed by atoms with Gasteiger partial charge in [-0.1, -0.05) is 17.7 Å². The van der Waals surface area contributed by atoms with Gasteiger partial charge in [0.2, 0.25) is 0 Å². The van der Waals surface area contributed by atoms with Gasteiger partial charge in [0.1, 0.15) is 0 Å². The van der Waals surface area contributed by atoms with Gasteiger partial charge >= 0.3 is 0 Å². The molecule has 0 amide bonds. The van der Waals surface area contributed by atoms with Crippen LogP contribution in [0, 0.1) is 13.8 Å². The third-order valence-corrected chi connectivity index (χ3v) is 3.51. The smallest absolute Gasteiger partial charge is 0.0443 e. The Bertz CT molecular complexity index is 331. The lowest BCUT2D eigenvalue weighted by Crippen LogP contribution is -2.24. The van der Waals surface area contributed by atoms with Crippen molar-refractivity contribution in [1.29, 1.82) is 0 Å². The molecule has 1 atom stereocenters. The summed E-state index contributed by atoms with van der Waals surface area (Å²) in [6, 6.07) is 4.92. The first-order valence-electron chi connectivity index (χ1n) is 5.66. The van der Waals surface area contributed by atoms with Gasteiger partial charge in [-0.05, 0) is 62.4 Å². The molecule has 1 aliphatic rings. The molecular formula is C13H18ClN.